The summed E-state index contributed by atoms with van der Waals surface area (Å²) in [6, 6.07) is 1.08. The molecule has 2 amide bonds. The lowest BCUT2D eigenvalue weighted by atomic mass is 9.86. The van der Waals surface area contributed by atoms with E-state index in [0.29, 0.717) is 11.6 Å². The van der Waals surface area contributed by atoms with E-state index < -0.39 is 0 Å². The molecule has 0 unspecified atom stereocenters. The maximum atomic E-state index is 12.6. The van der Waals surface area contributed by atoms with Crippen LogP contribution < -0.4 is 0 Å². The van der Waals surface area contributed by atoms with Crippen molar-refractivity contribution in [2.75, 3.05) is 39.9 Å². The van der Waals surface area contributed by atoms with E-state index in [1.165, 1.54) is 25.9 Å². The summed E-state index contributed by atoms with van der Waals surface area (Å²) in [5.74, 6) is 0.931. The van der Waals surface area contributed by atoms with Crippen LogP contribution >= 0.6 is 0 Å². The van der Waals surface area contributed by atoms with Crippen molar-refractivity contribution < 1.29 is 4.79 Å². The minimum atomic E-state index is 0.201. The van der Waals surface area contributed by atoms with Gasteiger partial charge < -0.3 is 9.80 Å². The van der Waals surface area contributed by atoms with Gasteiger partial charge in [0.1, 0.15) is 0 Å². The number of rotatable bonds is 4. The second kappa shape index (κ2) is 6.83. The summed E-state index contributed by atoms with van der Waals surface area (Å²) in [7, 11) is 1.92. The molecule has 1 spiro atoms. The van der Waals surface area contributed by atoms with Gasteiger partial charge in [-0.3, -0.25) is 9.80 Å². The molecule has 2 saturated heterocycles. The van der Waals surface area contributed by atoms with Gasteiger partial charge in [0.2, 0.25) is 0 Å². The van der Waals surface area contributed by atoms with Gasteiger partial charge in [-0.1, -0.05) is 0 Å². The molecule has 138 valence electrons. The standard InChI is InChI=1S/C19H36N4O/c1-15(2)20(5)18(24)21-10-8-19(9-11-21)13-22(16(3)4)14-23(19)12-17-6-7-17/h15-17H,6-14H2,1-5H3. The van der Waals surface area contributed by atoms with Gasteiger partial charge >= 0.3 is 6.03 Å². The molecule has 2 heterocycles. The van der Waals surface area contributed by atoms with Gasteiger partial charge in [-0.2, -0.15) is 0 Å². The van der Waals surface area contributed by atoms with E-state index in [9.17, 15) is 4.79 Å². The van der Waals surface area contributed by atoms with Crippen LogP contribution in [0.3, 0.4) is 0 Å². The maximum Gasteiger partial charge on any atom is 0.319 e. The van der Waals surface area contributed by atoms with Gasteiger partial charge in [0.25, 0.3) is 0 Å². The van der Waals surface area contributed by atoms with E-state index in [-0.39, 0.29) is 12.1 Å². The SMILES string of the molecule is CC(C)N1CN(CC2CC2)C2(CCN(C(=O)N(C)C(C)C)CC2)C1. The molecule has 0 aromatic heterocycles. The Bertz CT molecular complexity index is 452. The Labute approximate surface area is 147 Å². The van der Waals surface area contributed by atoms with Crippen LogP contribution in [0, 0.1) is 5.92 Å². The lowest BCUT2D eigenvalue weighted by Crippen LogP contribution is -2.57. The van der Waals surface area contributed by atoms with E-state index in [1.807, 2.05) is 11.9 Å². The van der Waals surface area contributed by atoms with Gasteiger partial charge in [0, 0.05) is 50.8 Å². The van der Waals surface area contributed by atoms with Gasteiger partial charge in [-0.05, 0) is 59.3 Å². The van der Waals surface area contributed by atoms with Crippen molar-refractivity contribution in [1.29, 1.82) is 0 Å². The average molecular weight is 337 g/mol. The zero-order chi connectivity index (χ0) is 17.5. The number of amides is 2. The molecule has 3 aliphatic rings. The third-order valence-electron chi connectivity index (χ3n) is 6.47. The van der Waals surface area contributed by atoms with Crippen molar-refractivity contribution in [3.63, 3.8) is 0 Å². The number of urea groups is 1. The van der Waals surface area contributed by atoms with Crippen LogP contribution in [-0.2, 0) is 0 Å². The van der Waals surface area contributed by atoms with Gasteiger partial charge in [0.05, 0.1) is 6.67 Å². The Kier molecular flexibility index (Phi) is 5.12. The van der Waals surface area contributed by atoms with Crippen LogP contribution in [-0.4, -0.2) is 83.1 Å². The Hall–Kier alpha value is -0.810. The molecule has 0 N–H and O–H groups in total. The van der Waals surface area contributed by atoms with E-state index in [4.69, 9.17) is 0 Å². The average Bonchev–Trinajstić information content (AvgIpc) is 3.30. The second-order valence-electron chi connectivity index (χ2n) is 8.85. The highest BCUT2D eigenvalue weighted by atomic mass is 16.2. The summed E-state index contributed by atoms with van der Waals surface area (Å²) in [4.78, 5) is 21.9. The highest BCUT2D eigenvalue weighted by molar-refractivity contribution is 5.74. The predicted molar refractivity (Wildman–Crippen MR) is 98.0 cm³/mol. The van der Waals surface area contributed by atoms with E-state index in [0.717, 1.165) is 38.5 Å². The molecule has 0 radical (unpaired) electrons. The third-order valence-corrected chi connectivity index (χ3v) is 6.47. The van der Waals surface area contributed by atoms with Crippen LogP contribution in [0.4, 0.5) is 4.79 Å². The monoisotopic (exact) mass is 336 g/mol. The largest absolute Gasteiger partial charge is 0.325 e. The summed E-state index contributed by atoms with van der Waals surface area (Å²) < 4.78 is 0. The fourth-order valence-electron chi connectivity index (χ4n) is 4.14. The molecule has 5 heteroatoms. The summed E-state index contributed by atoms with van der Waals surface area (Å²) in [6.45, 7) is 14.2. The Morgan fingerprint density at radius 3 is 2.29 bits per heavy atom. The highest BCUT2D eigenvalue weighted by Gasteiger charge is 2.48. The first kappa shape index (κ1) is 18.0. The Morgan fingerprint density at radius 2 is 1.79 bits per heavy atom. The van der Waals surface area contributed by atoms with Crippen molar-refractivity contribution in [2.45, 2.75) is 71.0 Å². The summed E-state index contributed by atoms with van der Waals surface area (Å²) in [5, 5.41) is 0. The zero-order valence-corrected chi connectivity index (χ0v) is 16.3. The smallest absolute Gasteiger partial charge is 0.319 e. The first-order valence-corrected chi connectivity index (χ1v) is 9.83. The van der Waals surface area contributed by atoms with Crippen molar-refractivity contribution in [2.24, 2.45) is 5.92 Å². The zero-order valence-electron chi connectivity index (χ0n) is 16.3. The number of piperidine rings is 1. The number of hydrogen-bond acceptors (Lipinski definition) is 3. The van der Waals surface area contributed by atoms with E-state index in [2.05, 4.69) is 42.4 Å². The fraction of sp³-hybridized carbons (Fsp3) is 0.947. The molecule has 0 atom stereocenters. The van der Waals surface area contributed by atoms with Crippen LogP contribution in [0.2, 0.25) is 0 Å². The predicted octanol–water partition coefficient (Wildman–Crippen LogP) is 2.67. The lowest BCUT2D eigenvalue weighted by molar-refractivity contribution is 0.0598. The third kappa shape index (κ3) is 3.57. The van der Waals surface area contributed by atoms with E-state index in [1.54, 1.807) is 0 Å². The summed E-state index contributed by atoms with van der Waals surface area (Å²) in [6.07, 6.45) is 5.08. The fourth-order valence-corrected chi connectivity index (χ4v) is 4.14. The van der Waals surface area contributed by atoms with Gasteiger partial charge in [-0.25, -0.2) is 4.79 Å². The van der Waals surface area contributed by atoms with Crippen molar-refractivity contribution in [3.8, 4) is 0 Å². The van der Waals surface area contributed by atoms with Crippen molar-refractivity contribution in [1.82, 2.24) is 19.6 Å². The first-order chi connectivity index (χ1) is 11.3. The van der Waals surface area contributed by atoms with Gasteiger partial charge in [-0.15, -0.1) is 0 Å². The molecule has 0 aromatic rings. The topological polar surface area (TPSA) is 30.0 Å². The van der Waals surface area contributed by atoms with Crippen molar-refractivity contribution in [3.05, 3.63) is 0 Å². The minimum Gasteiger partial charge on any atom is -0.325 e. The molecular formula is C19H36N4O. The number of nitrogens with zero attached hydrogens (tertiary/aromatic N) is 4. The summed E-state index contributed by atoms with van der Waals surface area (Å²) in [5.41, 5.74) is 0.306. The first-order valence-electron chi connectivity index (χ1n) is 9.83. The lowest BCUT2D eigenvalue weighted by Gasteiger charge is -2.45. The van der Waals surface area contributed by atoms with Crippen LogP contribution in [0.5, 0.6) is 0 Å². The number of likely N-dealkylation sites (tertiary alicyclic amines) is 1. The molecule has 3 rings (SSSR count). The molecule has 3 fully saturated rings. The van der Waals surface area contributed by atoms with Crippen LogP contribution in [0.15, 0.2) is 0 Å². The minimum absolute atomic E-state index is 0.201. The number of carbonyl (C=O) groups excluding carboxylic acids is 1. The molecule has 24 heavy (non-hydrogen) atoms. The Balaban J connectivity index is 1.64. The summed E-state index contributed by atoms with van der Waals surface area (Å²) >= 11 is 0. The van der Waals surface area contributed by atoms with Crippen molar-refractivity contribution >= 4 is 6.03 Å². The normalized spacial score (nSPS) is 25.2. The van der Waals surface area contributed by atoms with Gasteiger partial charge in [0.15, 0.2) is 0 Å². The number of hydrogen-bond donors (Lipinski definition) is 0. The quantitative estimate of drug-likeness (QED) is 0.791. The molecule has 2 aliphatic heterocycles. The molecule has 1 saturated carbocycles. The van der Waals surface area contributed by atoms with Crippen LogP contribution in [0.1, 0.15) is 53.4 Å². The maximum absolute atomic E-state index is 12.6. The molecule has 0 aromatic carbocycles. The molecular weight excluding hydrogens is 300 g/mol. The number of carbonyl (C=O) groups is 1. The molecule has 1 aliphatic carbocycles. The Morgan fingerprint density at radius 1 is 1.17 bits per heavy atom. The van der Waals surface area contributed by atoms with E-state index >= 15 is 0 Å². The molecule has 5 nitrogen and oxygen atoms in total. The van der Waals surface area contributed by atoms with Crippen LogP contribution in [0.25, 0.3) is 0 Å². The highest BCUT2D eigenvalue weighted by Crippen LogP contribution is 2.40. The molecule has 0 bridgehead atoms. The second-order valence-corrected chi connectivity index (χ2v) is 8.85.